The van der Waals surface area contributed by atoms with Crippen LogP contribution in [0.15, 0.2) is 36.5 Å². The molecule has 0 saturated heterocycles. The van der Waals surface area contributed by atoms with E-state index in [0.29, 0.717) is 11.3 Å². The fourth-order valence-electron chi connectivity index (χ4n) is 1.63. The predicted octanol–water partition coefficient (Wildman–Crippen LogP) is 2.29. The first-order valence-corrected chi connectivity index (χ1v) is 5.92. The molecule has 104 valence electrons. The normalized spacial score (nSPS) is 9.95. The number of aromatic nitrogens is 1. The summed E-state index contributed by atoms with van der Waals surface area (Å²) in [5.74, 6) is -1.02. The molecule has 0 aliphatic heterocycles. The summed E-state index contributed by atoms with van der Waals surface area (Å²) in [4.78, 5) is 15.6. The molecule has 5 nitrogen and oxygen atoms in total. The lowest BCUT2D eigenvalue weighted by molar-refractivity contribution is 0.0962. The Hall–Kier alpha value is -2.63. The molecule has 0 spiro atoms. The van der Waals surface area contributed by atoms with Gasteiger partial charge in [0.05, 0.1) is 19.0 Å². The number of amides is 1. The number of nitrogens with zero attached hydrogens (tertiary/aromatic N) is 1. The van der Waals surface area contributed by atoms with Crippen LogP contribution in [0.25, 0.3) is 0 Å². The molecule has 0 fully saturated rings. The van der Waals surface area contributed by atoms with E-state index < -0.39 is 5.82 Å². The molecule has 0 saturated carbocycles. The molecule has 0 aliphatic rings. The molecule has 0 unspecified atom stereocenters. The van der Waals surface area contributed by atoms with E-state index in [1.807, 2.05) is 13.0 Å². The molecule has 0 aliphatic carbocycles. The fourth-order valence-corrected chi connectivity index (χ4v) is 1.63. The van der Waals surface area contributed by atoms with Gasteiger partial charge in [0.15, 0.2) is 5.82 Å². The monoisotopic (exact) mass is 275 g/mol. The maximum atomic E-state index is 13.4. The van der Waals surface area contributed by atoms with Gasteiger partial charge in [0, 0.05) is 11.6 Å². The highest BCUT2D eigenvalue weighted by Gasteiger charge is 2.07. The van der Waals surface area contributed by atoms with Crippen LogP contribution < -0.4 is 15.6 Å². The van der Waals surface area contributed by atoms with Crippen molar-refractivity contribution in [2.45, 2.75) is 6.92 Å². The summed E-state index contributed by atoms with van der Waals surface area (Å²) in [7, 11) is 1.33. The number of hydrogen-bond acceptors (Lipinski definition) is 4. The van der Waals surface area contributed by atoms with E-state index in [-0.39, 0.29) is 11.8 Å². The van der Waals surface area contributed by atoms with Gasteiger partial charge < -0.3 is 4.74 Å². The highest BCUT2D eigenvalue weighted by molar-refractivity contribution is 5.95. The van der Waals surface area contributed by atoms with Crippen molar-refractivity contribution in [2.75, 3.05) is 12.5 Å². The van der Waals surface area contributed by atoms with Gasteiger partial charge in [-0.25, -0.2) is 9.37 Å². The summed E-state index contributed by atoms with van der Waals surface area (Å²) in [6.07, 6.45) is 1.36. The third-order valence-electron chi connectivity index (χ3n) is 2.60. The Morgan fingerprint density at radius 1 is 1.35 bits per heavy atom. The summed E-state index contributed by atoms with van der Waals surface area (Å²) in [6.45, 7) is 1.90. The summed E-state index contributed by atoms with van der Waals surface area (Å²) in [6, 6.07) is 8.31. The molecular weight excluding hydrogens is 261 g/mol. The zero-order valence-electron chi connectivity index (χ0n) is 11.1. The Morgan fingerprint density at radius 3 is 2.80 bits per heavy atom. The van der Waals surface area contributed by atoms with Crippen LogP contribution in [0.4, 0.5) is 10.1 Å². The highest BCUT2D eigenvalue weighted by Crippen LogP contribution is 2.16. The van der Waals surface area contributed by atoms with Crippen molar-refractivity contribution in [3.63, 3.8) is 0 Å². The number of rotatable bonds is 4. The number of carbonyl (C=O) groups is 1. The molecule has 20 heavy (non-hydrogen) atoms. The largest absolute Gasteiger partial charge is 0.479 e. The van der Waals surface area contributed by atoms with Crippen molar-refractivity contribution < 1.29 is 13.9 Å². The lowest BCUT2D eigenvalue weighted by atomic mass is 10.1. The third-order valence-corrected chi connectivity index (χ3v) is 2.60. The average molecular weight is 275 g/mol. The van der Waals surface area contributed by atoms with Crippen molar-refractivity contribution >= 4 is 11.6 Å². The Labute approximate surface area is 115 Å². The summed E-state index contributed by atoms with van der Waals surface area (Å²) < 4.78 is 18.1. The Bertz CT molecular complexity index is 632. The van der Waals surface area contributed by atoms with Gasteiger partial charge in [0.2, 0.25) is 5.88 Å². The minimum Gasteiger partial charge on any atom is -0.479 e. The smallest absolute Gasteiger partial charge is 0.269 e. The van der Waals surface area contributed by atoms with Gasteiger partial charge in [-0.15, -0.1) is 0 Å². The second-order valence-electron chi connectivity index (χ2n) is 4.16. The number of aryl methyl sites for hydroxylation is 1. The van der Waals surface area contributed by atoms with Crippen molar-refractivity contribution in [2.24, 2.45) is 0 Å². The Morgan fingerprint density at radius 2 is 2.15 bits per heavy atom. The molecule has 2 N–H and O–H groups in total. The van der Waals surface area contributed by atoms with E-state index in [0.717, 1.165) is 5.56 Å². The van der Waals surface area contributed by atoms with Crippen LogP contribution >= 0.6 is 0 Å². The highest BCUT2D eigenvalue weighted by atomic mass is 19.1. The Balaban J connectivity index is 2.02. The molecule has 0 radical (unpaired) electrons. The zero-order valence-corrected chi connectivity index (χ0v) is 11.1. The summed E-state index contributed by atoms with van der Waals surface area (Å²) in [5, 5.41) is 0. The first-order valence-electron chi connectivity index (χ1n) is 5.92. The number of pyridine rings is 1. The van der Waals surface area contributed by atoms with Crippen LogP contribution in [0.5, 0.6) is 5.88 Å². The van der Waals surface area contributed by atoms with Gasteiger partial charge in [-0.2, -0.15) is 0 Å². The van der Waals surface area contributed by atoms with E-state index in [1.54, 1.807) is 18.2 Å². The van der Waals surface area contributed by atoms with Crippen LogP contribution in [0.3, 0.4) is 0 Å². The van der Waals surface area contributed by atoms with Crippen LogP contribution in [-0.4, -0.2) is 18.0 Å². The number of hydrazine groups is 1. The molecule has 2 aromatic rings. The molecule has 6 heteroatoms. The van der Waals surface area contributed by atoms with E-state index in [4.69, 9.17) is 4.74 Å². The number of methoxy groups -OCH3 is 1. The van der Waals surface area contributed by atoms with Gasteiger partial charge in [-0.05, 0) is 19.1 Å². The first kappa shape index (κ1) is 13.8. The minimum atomic E-state index is -0.609. The number of halogens is 1. The van der Waals surface area contributed by atoms with E-state index in [9.17, 15) is 9.18 Å². The van der Waals surface area contributed by atoms with Crippen molar-refractivity contribution in [3.05, 3.63) is 53.5 Å². The van der Waals surface area contributed by atoms with Crippen LogP contribution in [0, 0.1) is 12.7 Å². The van der Waals surface area contributed by atoms with E-state index in [2.05, 4.69) is 15.8 Å². The maximum Gasteiger partial charge on any atom is 0.269 e. The molecule has 2 rings (SSSR count). The Kier molecular flexibility index (Phi) is 4.14. The standard InChI is InChI=1S/C14H14FN3O2/c1-9-4-3-5-10(6-9)13(19)18-17-11-7-12(15)14(20-2)16-8-11/h3-8,17H,1-2H3,(H,18,19). The topological polar surface area (TPSA) is 63.2 Å². The SMILES string of the molecule is COc1ncc(NNC(=O)c2cccc(C)c2)cc1F. The third kappa shape index (κ3) is 3.23. The van der Waals surface area contributed by atoms with Gasteiger partial charge in [-0.1, -0.05) is 17.7 Å². The van der Waals surface area contributed by atoms with Crippen LogP contribution in [0.1, 0.15) is 15.9 Å². The van der Waals surface area contributed by atoms with Crippen molar-refractivity contribution in [1.82, 2.24) is 10.4 Å². The lowest BCUT2D eigenvalue weighted by Crippen LogP contribution is -2.29. The van der Waals surface area contributed by atoms with Gasteiger partial charge in [-0.3, -0.25) is 15.6 Å². The number of benzene rings is 1. The number of nitrogens with one attached hydrogen (secondary N) is 2. The quantitative estimate of drug-likeness (QED) is 0.840. The fraction of sp³-hybridized carbons (Fsp3) is 0.143. The minimum absolute atomic E-state index is 0.0967. The molecule has 1 aromatic carbocycles. The molecule has 0 atom stereocenters. The summed E-state index contributed by atoms with van der Waals surface area (Å²) >= 11 is 0. The summed E-state index contributed by atoms with van der Waals surface area (Å²) in [5.41, 5.74) is 6.89. The first-order chi connectivity index (χ1) is 9.60. The van der Waals surface area contributed by atoms with Crippen LogP contribution in [-0.2, 0) is 0 Å². The predicted molar refractivity (Wildman–Crippen MR) is 73.0 cm³/mol. The molecule has 1 aromatic heterocycles. The van der Waals surface area contributed by atoms with Crippen molar-refractivity contribution in [3.8, 4) is 5.88 Å². The lowest BCUT2D eigenvalue weighted by Gasteiger charge is -2.09. The second kappa shape index (κ2) is 6.01. The van der Waals surface area contributed by atoms with Gasteiger partial charge >= 0.3 is 0 Å². The maximum absolute atomic E-state index is 13.4. The van der Waals surface area contributed by atoms with Crippen molar-refractivity contribution in [1.29, 1.82) is 0 Å². The molecule has 0 bridgehead atoms. The second-order valence-corrected chi connectivity index (χ2v) is 4.16. The molecular formula is C14H14FN3O2. The number of carbonyl (C=O) groups excluding carboxylic acids is 1. The molecule has 1 amide bonds. The molecule has 1 heterocycles. The zero-order chi connectivity index (χ0) is 14.5. The number of hydrogen-bond donors (Lipinski definition) is 2. The van der Waals surface area contributed by atoms with Gasteiger partial charge in [0.1, 0.15) is 0 Å². The van der Waals surface area contributed by atoms with E-state index in [1.165, 1.54) is 19.4 Å². The average Bonchev–Trinajstić information content (AvgIpc) is 2.45. The van der Waals surface area contributed by atoms with Gasteiger partial charge in [0.25, 0.3) is 5.91 Å². The number of ether oxygens (including phenoxy) is 1. The number of anilines is 1. The van der Waals surface area contributed by atoms with E-state index >= 15 is 0 Å². The van der Waals surface area contributed by atoms with Crippen LogP contribution in [0.2, 0.25) is 0 Å².